The van der Waals surface area contributed by atoms with Crippen LogP contribution in [-0.4, -0.2) is 27.0 Å². The minimum absolute atomic E-state index is 0.0948. The number of amides is 3. The third-order valence-electron chi connectivity index (χ3n) is 5.31. The molecule has 0 saturated carbocycles. The first-order valence-corrected chi connectivity index (χ1v) is 9.81. The molecule has 31 heavy (non-hydrogen) atoms. The van der Waals surface area contributed by atoms with E-state index in [-0.39, 0.29) is 18.3 Å². The van der Waals surface area contributed by atoms with Gasteiger partial charge in [0.05, 0.1) is 6.54 Å². The van der Waals surface area contributed by atoms with E-state index >= 15 is 0 Å². The van der Waals surface area contributed by atoms with Crippen LogP contribution in [0.4, 0.5) is 4.79 Å². The Morgan fingerprint density at radius 3 is 1.94 bits per heavy atom. The van der Waals surface area contributed by atoms with Crippen molar-refractivity contribution in [2.45, 2.75) is 12.1 Å². The van der Waals surface area contributed by atoms with E-state index in [9.17, 15) is 9.59 Å². The zero-order chi connectivity index (χ0) is 21.3. The molecule has 3 amide bonds. The van der Waals surface area contributed by atoms with Crippen LogP contribution < -0.4 is 5.32 Å². The van der Waals surface area contributed by atoms with Gasteiger partial charge in [-0.1, -0.05) is 84.0 Å². The summed E-state index contributed by atoms with van der Waals surface area (Å²) >= 11 is 0. The maximum absolute atomic E-state index is 13.7. The van der Waals surface area contributed by atoms with Gasteiger partial charge in [-0.15, -0.1) is 0 Å². The molecule has 7 heteroatoms. The summed E-state index contributed by atoms with van der Waals surface area (Å²) in [7, 11) is 0. The third-order valence-corrected chi connectivity index (χ3v) is 5.31. The fourth-order valence-corrected chi connectivity index (χ4v) is 3.81. The number of carbonyl (C=O) groups excluding carboxylic acids is 2. The quantitative estimate of drug-likeness (QED) is 0.507. The maximum Gasteiger partial charge on any atom is 0.325 e. The van der Waals surface area contributed by atoms with Gasteiger partial charge in [0.2, 0.25) is 0 Å². The molecule has 1 aliphatic heterocycles. The largest absolute Gasteiger partial charge is 0.334 e. The summed E-state index contributed by atoms with van der Waals surface area (Å²) in [6, 6.07) is 27.2. The Labute approximate surface area is 178 Å². The fraction of sp³-hybridized carbons (Fsp3) is 0.0833. The standard InChI is InChI=1S/C24H18N4O3/c29-22-24(18-12-6-2-7-13-18,19-14-8-3-9-15-19)26-23(30)28(22)16-20-25-21(31-27-20)17-10-4-1-5-11-17/h1-15H,16H2,(H,26,30). The molecule has 3 aromatic carbocycles. The second-order valence-electron chi connectivity index (χ2n) is 7.19. The van der Waals surface area contributed by atoms with Crippen molar-refractivity contribution in [2.75, 3.05) is 0 Å². The molecule has 1 fully saturated rings. The molecule has 0 atom stereocenters. The van der Waals surface area contributed by atoms with Gasteiger partial charge in [0.25, 0.3) is 11.8 Å². The van der Waals surface area contributed by atoms with Crippen LogP contribution in [0.15, 0.2) is 95.5 Å². The lowest BCUT2D eigenvalue weighted by Crippen LogP contribution is -2.45. The van der Waals surface area contributed by atoms with Crippen LogP contribution in [0.1, 0.15) is 17.0 Å². The highest BCUT2D eigenvalue weighted by Gasteiger charge is 2.53. The Hall–Kier alpha value is -4.26. The minimum atomic E-state index is -1.31. The van der Waals surface area contributed by atoms with Crippen LogP contribution in [0, 0.1) is 0 Å². The summed E-state index contributed by atoms with van der Waals surface area (Å²) in [5.74, 6) is 0.195. The van der Waals surface area contributed by atoms with E-state index in [4.69, 9.17) is 4.52 Å². The third kappa shape index (κ3) is 3.16. The molecule has 1 saturated heterocycles. The molecule has 152 valence electrons. The first kappa shape index (κ1) is 18.7. The normalized spacial score (nSPS) is 15.2. The predicted octanol–water partition coefficient (Wildman–Crippen LogP) is 3.73. The summed E-state index contributed by atoms with van der Waals surface area (Å²) in [4.78, 5) is 32.1. The molecule has 1 aliphatic rings. The van der Waals surface area contributed by atoms with Gasteiger partial charge in [-0.05, 0) is 23.3 Å². The second kappa shape index (κ2) is 7.53. The van der Waals surface area contributed by atoms with Crippen LogP contribution in [0.25, 0.3) is 11.5 Å². The Morgan fingerprint density at radius 1 is 0.806 bits per heavy atom. The highest BCUT2D eigenvalue weighted by Crippen LogP contribution is 2.36. The van der Waals surface area contributed by atoms with Crippen LogP contribution in [-0.2, 0) is 16.9 Å². The van der Waals surface area contributed by atoms with E-state index in [0.29, 0.717) is 17.0 Å². The highest BCUT2D eigenvalue weighted by atomic mass is 16.5. The fourth-order valence-electron chi connectivity index (χ4n) is 3.81. The number of rotatable bonds is 5. The summed E-state index contributed by atoms with van der Waals surface area (Å²) in [6.07, 6.45) is 0. The Kier molecular flexibility index (Phi) is 4.55. The summed E-state index contributed by atoms with van der Waals surface area (Å²) in [6.45, 7) is -0.0948. The molecule has 1 N–H and O–H groups in total. The van der Waals surface area contributed by atoms with Gasteiger partial charge >= 0.3 is 6.03 Å². The van der Waals surface area contributed by atoms with E-state index in [1.807, 2.05) is 91.0 Å². The number of imide groups is 1. The molecule has 0 radical (unpaired) electrons. The minimum Gasteiger partial charge on any atom is -0.334 e. The molecule has 7 nitrogen and oxygen atoms in total. The first-order chi connectivity index (χ1) is 15.2. The molecule has 0 bridgehead atoms. The van der Waals surface area contributed by atoms with Crippen LogP contribution in [0.5, 0.6) is 0 Å². The van der Waals surface area contributed by atoms with E-state index in [1.54, 1.807) is 0 Å². The van der Waals surface area contributed by atoms with Crippen molar-refractivity contribution in [1.29, 1.82) is 0 Å². The number of benzene rings is 3. The lowest BCUT2D eigenvalue weighted by atomic mass is 9.82. The Bertz CT molecular complexity index is 1180. The van der Waals surface area contributed by atoms with Gasteiger partial charge in [0.15, 0.2) is 11.4 Å². The van der Waals surface area contributed by atoms with Gasteiger partial charge in [-0.25, -0.2) is 4.79 Å². The summed E-state index contributed by atoms with van der Waals surface area (Å²) in [5, 5.41) is 6.87. The van der Waals surface area contributed by atoms with E-state index in [1.165, 1.54) is 0 Å². The van der Waals surface area contributed by atoms with Crippen molar-refractivity contribution in [3.63, 3.8) is 0 Å². The molecular formula is C24H18N4O3. The Balaban J connectivity index is 1.50. The second-order valence-corrected chi connectivity index (χ2v) is 7.19. The van der Waals surface area contributed by atoms with E-state index in [2.05, 4.69) is 15.5 Å². The molecule has 0 unspecified atom stereocenters. The number of carbonyl (C=O) groups is 2. The first-order valence-electron chi connectivity index (χ1n) is 9.81. The molecule has 5 rings (SSSR count). The van der Waals surface area contributed by atoms with Gasteiger partial charge in [-0.3, -0.25) is 9.69 Å². The van der Waals surface area contributed by atoms with Gasteiger partial charge in [-0.2, -0.15) is 4.98 Å². The van der Waals surface area contributed by atoms with Gasteiger partial charge in [0.1, 0.15) is 0 Å². The van der Waals surface area contributed by atoms with Crippen LogP contribution in [0.2, 0.25) is 0 Å². The number of nitrogens with one attached hydrogen (secondary N) is 1. The smallest absolute Gasteiger partial charge is 0.325 e. The average molecular weight is 410 g/mol. The molecule has 2 heterocycles. The lowest BCUT2D eigenvalue weighted by molar-refractivity contribution is -0.130. The van der Waals surface area contributed by atoms with Crippen molar-refractivity contribution >= 4 is 11.9 Å². The summed E-state index contributed by atoms with van der Waals surface area (Å²) in [5.41, 5.74) is 0.813. The molecular weight excluding hydrogens is 392 g/mol. The lowest BCUT2D eigenvalue weighted by Gasteiger charge is -2.27. The monoisotopic (exact) mass is 410 g/mol. The van der Waals surface area contributed by atoms with Crippen LogP contribution in [0.3, 0.4) is 0 Å². The molecule has 4 aromatic rings. The van der Waals surface area contributed by atoms with E-state index < -0.39 is 11.6 Å². The SMILES string of the molecule is O=C1NC(c2ccccc2)(c2ccccc2)C(=O)N1Cc1noc(-c2ccccc2)n1. The zero-order valence-corrected chi connectivity index (χ0v) is 16.4. The number of nitrogens with zero attached hydrogens (tertiary/aromatic N) is 3. The van der Waals surface area contributed by atoms with Crippen molar-refractivity contribution in [1.82, 2.24) is 20.4 Å². The van der Waals surface area contributed by atoms with Crippen molar-refractivity contribution in [2.24, 2.45) is 0 Å². The van der Waals surface area contributed by atoms with Gasteiger partial charge in [0, 0.05) is 5.56 Å². The van der Waals surface area contributed by atoms with Crippen molar-refractivity contribution < 1.29 is 14.1 Å². The zero-order valence-electron chi connectivity index (χ0n) is 16.4. The summed E-state index contributed by atoms with van der Waals surface area (Å²) < 4.78 is 5.32. The number of hydrogen-bond donors (Lipinski definition) is 1. The van der Waals surface area contributed by atoms with E-state index in [0.717, 1.165) is 10.5 Å². The number of aromatic nitrogens is 2. The van der Waals surface area contributed by atoms with Crippen molar-refractivity contribution in [3.8, 4) is 11.5 Å². The number of urea groups is 1. The topological polar surface area (TPSA) is 88.3 Å². The Morgan fingerprint density at radius 2 is 1.35 bits per heavy atom. The number of hydrogen-bond acceptors (Lipinski definition) is 5. The molecule has 0 spiro atoms. The van der Waals surface area contributed by atoms with Gasteiger partial charge < -0.3 is 9.84 Å². The van der Waals surface area contributed by atoms with Crippen molar-refractivity contribution in [3.05, 3.63) is 108 Å². The average Bonchev–Trinajstić information content (AvgIpc) is 3.40. The predicted molar refractivity (Wildman–Crippen MR) is 112 cm³/mol. The van der Waals surface area contributed by atoms with Crippen LogP contribution >= 0.6 is 0 Å². The molecule has 1 aromatic heterocycles. The molecule has 0 aliphatic carbocycles. The highest BCUT2D eigenvalue weighted by molar-refractivity contribution is 6.09. The maximum atomic E-state index is 13.7.